The van der Waals surface area contributed by atoms with Gasteiger partial charge in [0.05, 0.1) is 31.5 Å². The molecule has 1 atom stereocenters. The Balaban J connectivity index is 1.47. The maximum absolute atomic E-state index is 13.0. The van der Waals surface area contributed by atoms with Crippen LogP contribution in [0.5, 0.6) is 11.5 Å². The van der Waals surface area contributed by atoms with E-state index in [2.05, 4.69) is 15.6 Å². The molecule has 1 aromatic heterocycles. The van der Waals surface area contributed by atoms with E-state index in [9.17, 15) is 9.59 Å². The molecule has 1 unspecified atom stereocenters. The number of ether oxygens (including phenoxy) is 2. The van der Waals surface area contributed by atoms with Gasteiger partial charge in [0, 0.05) is 21.5 Å². The number of hydrogen-bond donors (Lipinski definition) is 2. The van der Waals surface area contributed by atoms with Crippen LogP contribution >= 0.6 is 22.9 Å². The van der Waals surface area contributed by atoms with Crippen LogP contribution in [0.1, 0.15) is 33.3 Å². The number of aromatic nitrogens is 1. The molecule has 2 N–H and O–H groups in total. The number of carbonyl (C=O) groups is 2. The highest BCUT2D eigenvalue weighted by molar-refractivity contribution is 7.16. The lowest BCUT2D eigenvalue weighted by Gasteiger charge is -2.14. The van der Waals surface area contributed by atoms with Crippen molar-refractivity contribution in [3.63, 3.8) is 0 Å². The Morgan fingerprint density at radius 3 is 2.58 bits per heavy atom. The lowest BCUT2D eigenvalue weighted by atomic mass is 10.1. The van der Waals surface area contributed by atoms with E-state index >= 15 is 0 Å². The predicted molar refractivity (Wildman–Crippen MR) is 121 cm³/mol. The molecule has 0 aliphatic heterocycles. The van der Waals surface area contributed by atoms with Crippen LogP contribution in [0.2, 0.25) is 5.02 Å². The molecule has 160 valence electrons. The number of rotatable bonds is 6. The molecule has 0 fully saturated rings. The van der Waals surface area contributed by atoms with Crippen LogP contribution in [0.3, 0.4) is 0 Å². The number of nitrogens with one attached hydrogen (secondary N) is 2. The number of amides is 2. The van der Waals surface area contributed by atoms with Crippen molar-refractivity contribution in [2.24, 2.45) is 0 Å². The topological polar surface area (TPSA) is 89.6 Å². The predicted octanol–water partition coefficient (Wildman–Crippen LogP) is 4.73. The summed E-state index contributed by atoms with van der Waals surface area (Å²) in [4.78, 5) is 30.9. The van der Waals surface area contributed by atoms with Crippen molar-refractivity contribution in [3.05, 3.63) is 63.6 Å². The zero-order valence-corrected chi connectivity index (χ0v) is 18.5. The summed E-state index contributed by atoms with van der Waals surface area (Å²) in [6.07, 6.45) is 1.41. The maximum atomic E-state index is 13.0. The molecular formula is C22H20ClN3O4S. The summed E-state index contributed by atoms with van der Waals surface area (Å²) in [5.74, 6) is 0.328. The van der Waals surface area contributed by atoms with Gasteiger partial charge in [-0.3, -0.25) is 14.9 Å². The van der Waals surface area contributed by atoms with E-state index in [0.717, 1.165) is 11.3 Å². The van der Waals surface area contributed by atoms with E-state index < -0.39 is 0 Å². The average Bonchev–Trinajstić information content (AvgIpc) is 3.34. The number of anilines is 2. The standard InChI is InChI=1S/C22H20ClN3O4S/c1-29-14-7-9-16(17(11-14)30-2)24-21(28)15-8-10-18-19(15)25-22(31-18)26-20(27)12-3-5-13(23)6-4-12/h3-7,9,11,15H,8,10H2,1-2H3,(H,24,28)(H,25,26,27). The summed E-state index contributed by atoms with van der Waals surface area (Å²) < 4.78 is 10.5. The van der Waals surface area contributed by atoms with Gasteiger partial charge in [-0.05, 0) is 49.2 Å². The SMILES string of the molecule is COc1ccc(NC(=O)C2CCc3sc(NC(=O)c4ccc(Cl)cc4)nc32)c(OC)c1. The number of carbonyl (C=O) groups excluding carboxylic acids is 2. The maximum Gasteiger partial charge on any atom is 0.257 e. The van der Waals surface area contributed by atoms with E-state index in [1.54, 1.807) is 49.6 Å². The van der Waals surface area contributed by atoms with E-state index in [4.69, 9.17) is 21.1 Å². The first-order chi connectivity index (χ1) is 15.0. The Labute approximate surface area is 188 Å². The third kappa shape index (κ3) is 4.50. The second kappa shape index (κ2) is 8.95. The smallest absolute Gasteiger partial charge is 0.257 e. The average molecular weight is 458 g/mol. The van der Waals surface area contributed by atoms with Crippen molar-refractivity contribution in [2.45, 2.75) is 18.8 Å². The number of aryl methyl sites for hydroxylation is 1. The lowest BCUT2D eigenvalue weighted by Crippen LogP contribution is -2.20. The summed E-state index contributed by atoms with van der Waals surface area (Å²) in [5, 5.41) is 6.77. The monoisotopic (exact) mass is 457 g/mol. The zero-order chi connectivity index (χ0) is 22.0. The first-order valence-corrected chi connectivity index (χ1v) is 10.8. The van der Waals surface area contributed by atoms with Crippen molar-refractivity contribution in [3.8, 4) is 11.5 Å². The second-order valence-electron chi connectivity index (χ2n) is 6.94. The van der Waals surface area contributed by atoms with Gasteiger partial charge in [0.25, 0.3) is 5.91 Å². The summed E-state index contributed by atoms with van der Waals surface area (Å²) in [6, 6.07) is 11.8. The van der Waals surface area contributed by atoms with E-state index in [1.807, 2.05) is 0 Å². The number of benzene rings is 2. The Morgan fingerprint density at radius 1 is 1.10 bits per heavy atom. The van der Waals surface area contributed by atoms with Crippen molar-refractivity contribution < 1.29 is 19.1 Å². The van der Waals surface area contributed by atoms with Crippen molar-refractivity contribution in [1.82, 2.24) is 4.98 Å². The molecule has 2 aromatic carbocycles. The van der Waals surface area contributed by atoms with Crippen molar-refractivity contribution >= 4 is 45.6 Å². The van der Waals surface area contributed by atoms with Gasteiger partial charge in [0.1, 0.15) is 11.5 Å². The van der Waals surface area contributed by atoms with E-state index in [1.165, 1.54) is 18.4 Å². The van der Waals surface area contributed by atoms with Crippen LogP contribution in [0.4, 0.5) is 10.8 Å². The molecule has 1 aliphatic carbocycles. The van der Waals surface area contributed by atoms with Crippen LogP contribution < -0.4 is 20.1 Å². The van der Waals surface area contributed by atoms with Crippen LogP contribution in [0.25, 0.3) is 0 Å². The van der Waals surface area contributed by atoms with Crippen molar-refractivity contribution in [1.29, 1.82) is 0 Å². The van der Waals surface area contributed by atoms with Gasteiger partial charge in [-0.2, -0.15) is 0 Å². The number of nitrogens with zero attached hydrogens (tertiary/aromatic N) is 1. The minimum absolute atomic E-state index is 0.164. The Kier molecular flexibility index (Phi) is 6.11. The van der Waals surface area contributed by atoms with E-state index in [-0.39, 0.29) is 17.7 Å². The van der Waals surface area contributed by atoms with Crippen LogP contribution in [-0.2, 0) is 11.2 Å². The summed E-state index contributed by atoms with van der Waals surface area (Å²) in [7, 11) is 3.10. The number of fused-ring (bicyclic) bond motifs is 1. The normalized spacial score (nSPS) is 14.6. The molecule has 1 aliphatic rings. The van der Waals surface area contributed by atoms with Gasteiger partial charge in [-0.1, -0.05) is 11.6 Å². The summed E-state index contributed by atoms with van der Waals surface area (Å²) >= 11 is 7.27. The molecular weight excluding hydrogens is 438 g/mol. The molecule has 3 aromatic rings. The minimum Gasteiger partial charge on any atom is -0.497 e. The third-order valence-electron chi connectivity index (χ3n) is 5.03. The van der Waals surface area contributed by atoms with Crippen LogP contribution in [0, 0.1) is 0 Å². The lowest BCUT2D eigenvalue weighted by molar-refractivity contribution is -0.117. The Morgan fingerprint density at radius 2 is 1.87 bits per heavy atom. The van der Waals surface area contributed by atoms with Crippen molar-refractivity contribution in [2.75, 3.05) is 24.9 Å². The zero-order valence-electron chi connectivity index (χ0n) is 16.9. The molecule has 31 heavy (non-hydrogen) atoms. The highest BCUT2D eigenvalue weighted by Crippen LogP contribution is 2.39. The molecule has 4 rings (SSSR count). The number of halogens is 1. The first kappa shape index (κ1) is 21.1. The molecule has 0 saturated carbocycles. The third-order valence-corrected chi connectivity index (χ3v) is 6.33. The quantitative estimate of drug-likeness (QED) is 0.558. The largest absolute Gasteiger partial charge is 0.497 e. The molecule has 1 heterocycles. The number of hydrogen-bond acceptors (Lipinski definition) is 6. The van der Waals surface area contributed by atoms with Crippen LogP contribution in [0.15, 0.2) is 42.5 Å². The van der Waals surface area contributed by atoms with Gasteiger partial charge in [-0.25, -0.2) is 4.98 Å². The van der Waals surface area contributed by atoms with Gasteiger partial charge >= 0.3 is 0 Å². The molecule has 9 heteroatoms. The fourth-order valence-electron chi connectivity index (χ4n) is 3.43. The van der Waals surface area contributed by atoms with Gasteiger partial charge in [-0.15, -0.1) is 11.3 Å². The van der Waals surface area contributed by atoms with Crippen LogP contribution in [-0.4, -0.2) is 31.0 Å². The van der Waals surface area contributed by atoms with Gasteiger partial charge < -0.3 is 14.8 Å². The van der Waals surface area contributed by atoms with Gasteiger partial charge in [0.15, 0.2) is 5.13 Å². The molecule has 7 nitrogen and oxygen atoms in total. The highest BCUT2D eigenvalue weighted by Gasteiger charge is 2.33. The molecule has 0 bridgehead atoms. The van der Waals surface area contributed by atoms with E-state index in [0.29, 0.717) is 45.0 Å². The summed E-state index contributed by atoms with van der Waals surface area (Å²) in [6.45, 7) is 0. The van der Waals surface area contributed by atoms with Gasteiger partial charge in [0.2, 0.25) is 5.91 Å². The molecule has 0 spiro atoms. The first-order valence-electron chi connectivity index (χ1n) is 9.58. The molecule has 2 amide bonds. The highest BCUT2D eigenvalue weighted by atomic mass is 35.5. The summed E-state index contributed by atoms with van der Waals surface area (Å²) in [5.41, 5.74) is 1.76. The number of thiazole rings is 1. The molecule has 0 radical (unpaired) electrons. The minimum atomic E-state index is -0.390. The Bertz CT molecular complexity index is 1130. The number of methoxy groups -OCH3 is 2. The fourth-order valence-corrected chi connectivity index (χ4v) is 4.59. The Hall–Kier alpha value is -3.10. The fraction of sp³-hybridized carbons (Fsp3) is 0.227. The second-order valence-corrected chi connectivity index (χ2v) is 8.46. The molecule has 0 saturated heterocycles.